The van der Waals surface area contributed by atoms with Gasteiger partial charge in [-0.1, -0.05) is 6.08 Å². The summed E-state index contributed by atoms with van der Waals surface area (Å²) in [5.41, 5.74) is 1.42. The Balaban J connectivity index is 1.60. The number of ether oxygens (including phenoxy) is 3. The van der Waals surface area contributed by atoms with Gasteiger partial charge in [0.05, 0.1) is 25.3 Å². The zero-order chi connectivity index (χ0) is 19.2. The molecule has 3 rings (SSSR count). The Morgan fingerprint density at radius 3 is 3.00 bits per heavy atom. The highest BCUT2D eigenvalue weighted by atomic mass is 32.1. The van der Waals surface area contributed by atoms with Gasteiger partial charge in [0, 0.05) is 10.9 Å². The molecule has 0 fully saturated rings. The van der Waals surface area contributed by atoms with E-state index in [1.807, 2.05) is 18.2 Å². The van der Waals surface area contributed by atoms with Crippen molar-refractivity contribution < 1.29 is 28.9 Å². The number of aliphatic carboxylic acids is 1. The molecule has 1 aliphatic rings. The van der Waals surface area contributed by atoms with Crippen LogP contribution in [0.5, 0.6) is 11.5 Å². The Morgan fingerprint density at radius 2 is 2.22 bits per heavy atom. The summed E-state index contributed by atoms with van der Waals surface area (Å²) in [4.78, 5) is 27.8. The summed E-state index contributed by atoms with van der Waals surface area (Å²) in [7, 11) is 0. The van der Waals surface area contributed by atoms with Crippen molar-refractivity contribution in [1.82, 2.24) is 10.3 Å². The largest absolute Gasteiger partial charge is 0.480 e. The molecule has 27 heavy (non-hydrogen) atoms. The van der Waals surface area contributed by atoms with E-state index in [0.29, 0.717) is 17.2 Å². The number of carbonyl (C=O) groups excluding carboxylic acids is 1. The Kier molecular flexibility index (Phi) is 6.05. The third kappa shape index (κ3) is 4.83. The molecule has 1 unspecified atom stereocenters. The number of nitrogens with one attached hydrogen (secondary N) is 1. The van der Waals surface area contributed by atoms with Crippen LogP contribution in [0, 0.1) is 0 Å². The predicted molar refractivity (Wildman–Crippen MR) is 98.0 cm³/mol. The smallest absolute Gasteiger partial charge is 0.328 e. The van der Waals surface area contributed by atoms with E-state index in [1.165, 1.54) is 17.4 Å². The zero-order valence-corrected chi connectivity index (χ0v) is 15.2. The number of hydrogen-bond acceptors (Lipinski definition) is 7. The maximum Gasteiger partial charge on any atom is 0.328 e. The number of carboxylic acid groups (broad SMARTS) is 1. The molecule has 2 heterocycles. The van der Waals surface area contributed by atoms with Gasteiger partial charge in [-0.15, -0.1) is 17.9 Å². The molecule has 142 valence electrons. The highest BCUT2D eigenvalue weighted by molar-refractivity contribution is 7.13. The fourth-order valence-electron chi connectivity index (χ4n) is 2.40. The first-order chi connectivity index (χ1) is 13.1. The Labute approximate surface area is 159 Å². The van der Waals surface area contributed by atoms with Crippen LogP contribution in [0.25, 0.3) is 10.6 Å². The molecule has 2 aromatic rings. The molecule has 2 N–H and O–H groups in total. The standard InChI is InChI=1S/C18H18N2O6S/c1-2-5-24-8-13(18(22)23)20-16(21)7-12-9-27-17(19-12)11-3-4-14-15(6-11)26-10-25-14/h2-4,6,9,13H,1,5,7-8,10H2,(H,20,21)(H,22,23). The summed E-state index contributed by atoms with van der Waals surface area (Å²) in [5, 5.41) is 14.1. The number of fused-ring (bicyclic) bond motifs is 1. The second-order valence-electron chi connectivity index (χ2n) is 5.67. The molecule has 0 bridgehead atoms. The van der Waals surface area contributed by atoms with Crippen LogP contribution in [0.3, 0.4) is 0 Å². The van der Waals surface area contributed by atoms with Gasteiger partial charge in [-0.2, -0.15) is 0 Å². The molecule has 0 aliphatic carbocycles. The van der Waals surface area contributed by atoms with E-state index >= 15 is 0 Å². The van der Waals surface area contributed by atoms with E-state index in [0.717, 1.165) is 10.6 Å². The molecule has 1 amide bonds. The van der Waals surface area contributed by atoms with E-state index < -0.39 is 17.9 Å². The third-order valence-electron chi connectivity index (χ3n) is 3.67. The number of aromatic nitrogens is 1. The highest BCUT2D eigenvalue weighted by Crippen LogP contribution is 2.36. The van der Waals surface area contributed by atoms with Crippen LogP contribution >= 0.6 is 11.3 Å². The van der Waals surface area contributed by atoms with Gasteiger partial charge in [0.1, 0.15) is 5.01 Å². The Bertz CT molecular complexity index is 850. The van der Waals surface area contributed by atoms with Crippen LogP contribution in [0.15, 0.2) is 36.2 Å². The Hall–Kier alpha value is -2.91. The van der Waals surface area contributed by atoms with Crippen molar-refractivity contribution in [3.63, 3.8) is 0 Å². The first-order valence-electron chi connectivity index (χ1n) is 8.12. The van der Waals surface area contributed by atoms with Gasteiger partial charge in [0.25, 0.3) is 0 Å². The quantitative estimate of drug-likeness (QED) is 0.497. The summed E-state index contributed by atoms with van der Waals surface area (Å²) in [6.45, 7) is 3.76. The maximum absolute atomic E-state index is 12.1. The average molecular weight is 390 g/mol. The molecular formula is C18H18N2O6S. The van der Waals surface area contributed by atoms with Crippen molar-refractivity contribution in [1.29, 1.82) is 0 Å². The fraction of sp³-hybridized carbons (Fsp3) is 0.278. The number of carbonyl (C=O) groups is 2. The molecule has 8 nitrogen and oxygen atoms in total. The number of nitrogens with zero attached hydrogens (tertiary/aromatic N) is 1. The highest BCUT2D eigenvalue weighted by Gasteiger charge is 2.21. The number of carboxylic acids is 1. The number of amides is 1. The lowest BCUT2D eigenvalue weighted by atomic mass is 10.2. The van der Waals surface area contributed by atoms with Gasteiger partial charge in [-0.25, -0.2) is 9.78 Å². The van der Waals surface area contributed by atoms with Gasteiger partial charge in [0.15, 0.2) is 17.5 Å². The predicted octanol–water partition coefficient (Wildman–Crippen LogP) is 1.85. The molecule has 0 radical (unpaired) electrons. The second-order valence-corrected chi connectivity index (χ2v) is 6.53. The van der Waals surface area contributed by atoms with Crippen molar-refractivity contribution in [2.75, 3.05) is 20.0 Å². The first-order valence-corrected chi connectivity index (χ1v) is 9.00. The molecule has 0 saturated heterocycles. The lowest BCUT2D eigenvalue weighted by Gasteiger charge is -2.13. The zero-order valence-electron chi connectivity index (χ0n) is 14.3. The van der Waals surface area contributed by atoms with Crippen LogP contribution < -0.4 is 14.8 Å². The van der Waals surface area contributed by atoms with E-state index in [-0.39, 0.29) is 26.4 Å². The summed E-state index contributed by atoms with van der Waals surface area (Å²) >= 11 is 1.39. The van der Waals surface area contributed by atoms with Crippen LogP contribution in [-0.2, 0) is 20.7 Å². The summed E-state index contributed by atoms with van der Waals surface area (Å²) < 4.78 is 15.7. The minimum Gasteiger partial charge on any atom is -0.480 e. The van der Waals surface area contributed by atoms with E-state index in [9.17, 15) is 9.59 Å². The van der Waals surface area contributed by atoms with Crippen molar-refractivity contribution in [3.05, 3.63) is 41.9 Å². The Morgan fingerprint density at radius 1 is 1.41 bits per heavy atom. The van der Waals surface area contributed by atoms with E-state index in [2.05, 4.69) is 16.9 Å². The molecule has 0 saturated carbocycles. The molecule has 1 aliphatic heterocycles. The van der Waals surface area contributed by atoms with Crippen LogP contribution in [-0.4, -0.2) is 48.0 Å². The summed E-state index contributed by atoms with van der Waals surface area (Å²) in [6.07, 6.45) is 1.49. The fourth-order valence-corrected chi connectivity index (χ4v) is 3.22. The molecule has 9 heteroatoms. The van der Waals surface area contributed by atoms with Crippen LogP contribution in [0.2, 0.25) is 0 Å². The van der Waals surface area contributed by atoms with Crippen molar-refractivity contribution in [2.24, 2.45) is 0 Å². The van der Waals surface area contributed by atoms with Gasteiger partial charge in [-0.05, 0) is 18.2 Å². The number of thiazole rings is 1. The number of hydrogen-bond donors (Lipinski definition) is 2. The normalized spacial score (nSPS) is 13.2. The van der Waals surface area contributed by atoms with Gasteiger partial charge >= 0.3 is 5.97 Å². The number of benzene rings is 1. The summed E-state index contributed by atoms with van der Waals surface area (Å²) in [6, 6.07) is 4.40. The van der Waals surface area contributed by atoms with Crippen molar-refractivity contribution >= 4 is 23.2 Å². The monoisotopic (exact) mass is 390 g/mol. The second kappa shape index (κ2) is 8.65. The minimum atomic E-state index is -1.16. The molecule has 0 spiro atoms. The van der Waals surface area contributed by atoms with Crippen LogP contribution in [0.4, 0.5) is 0 Å². The lowest BCUT2D eigenvalue weighted by molar-refractivity contribution is -0.143. The minimum absolute atomic E-state index is 0.0215. The van der Waals surface area contributed by atoms with Gasteiger partial charge < -0.3 is 24.6 Å². The molecule has 1 aromatic carbocycles. The molecular weight excluding hydrogens is 372 g/mol. The van der Waals surface area contributed by atoms with E-state index in [4.69, 9.17) is 19.3 Å². The van der Waals surface area contributed by atoms with Crippen molar-refractivity contribution in [3.8, 4) is 22.1 Å². The SMILES string of the molecule is C=CCOCC(NC(=O)Cc1csc(-c2ccc3c(c2)OCO3)n1)C(=O)O. The molecule has 1 atom stereocenters. The first kappa shape index (κ1) is 18.9. The molecule has 1 aromatic heterocycles. The van der Waals surface area contributed by atoms with Crippen molar-refractivity contribution in [2.45, 2.75) is 12.5 Å². The third-order valence-corrected chi connectivity index (χ3v) is 4.61. The lowest BCUT2D eigenvalue weighted by Crippen LogP contribution is -2.44. The summed E-state index contributed by atoms with van der Waals surface area (Å²) in [5.74, 6) is -0.252. The van der Waals surface area contributed by atoms with E-state index in [1.54, 1.807) is 5.38 Å². The van der Waals surface area contributed by atoms with Crippen LogP contribution in [0.1, 0.15) is 5.69 Å². The number of rotatable bonds is 9. The maximum atomic E-state index is 12.1. The average Bonchev–Trinajstić information content (AvgIpc) is 3.29. The topological polar surface area (TPSA) is 107 Å². The van der Waals surface area contributed by atoms with Gasteiger partial charge in [0.2, 0.25) is 12.7 Å². The van der Waals surface area contributed by atoms with Gasteiger partial charge in [-0.3, -0.25) is 4.79 Å².